The number of carbonyl (C=O) groups excluding carboxylic acids is 2. The van der Waals surface area contributed by atoms with Crippen molar-refractivity contribution in [2.75, 3.05) is 19.8 Å². The standard InChI is InChI=1S/C42H78NO10P/c1-3-5-7-9-11-13-15-17-19-21-23-25-27-29-31-33-40(44)50-35-38(36-51-54(48,49)52-37-39(43)42(46)47)53-41(45)34-32-30-28-26-24-22-20-18-16-14-12-10-8-6-4-2/h17,19,24,26,38-39H,3-16,18,20-23,25,27-37,43H2,1-2H3,(H,46,47)(H,48,49)/b19-17+,26-24+/t38-,39+/m1/s1. The molecule has 4 N–H and O–H groups in total. The zero-order chi connectivity index (χ0) is 40.0. The molecule has 0 fully saturated rings. The van der Waals surface area contributed by atoms with Crippen LogP contribution in [0.15, 0.2) is 24.3 Å². The van der Waals surface area contributed by atoms with Crippen molar-refractivity contribution in [2.24, 2.45) is 5.73 Å². The number of unbranched alkanes of at least 4 members (excludes halogenated alkanes) is 22. The summed E-state index contributed by atoms with van der Waals surface area (Å²) in [7, 11) is -4.72. The van der Waals surface area contributed by atoms with Crippen LogP contribution in [0.5, 0.6) is 0 Å². The minimum absolute atomic E-state index is 0.131. The van der Waals surface area contributed by atoms with Crippen molar-refractivity contribution in [1.82, 2.24) is 0 Å². The van der Waals surface area contributed by atoms with Crippen molar-refractivity contribution in [3.63, 3.8) is 0 Å². The van der Waals surface area contributed by atoms with Crippen molar-refractivity contribution < 1.29 is 47.5 Å². The third-order valence-electron chi connectivity index (χ3n) is 9.17. The van der Waals surface area contributed by atoms with Gasteiger partial charge in [0.25, 0.3) is 0 Å². The lowest BCUT2D eigenvalue weighted by Crippen LogP contribution is -2.34. The van der Waals surface area contributed by atoms with Crippen LogP contribution in [-0.2, 0) is 37.5 Å². The Morgan fingerprint density at radius 3 is 1.39 bits per heavy atom. The molecular weight excluding hydrogens is 709 g/mol. The highest BCUT2D eigenvalue weighted by Crippen LogP contribution is 2.43. The Morgan fingerprint density at radius 2 is 0.926 bits per heavy atom. The SMILES string of the molecule is CCCCCCCC/C=C/CCCCCCCC(=O)OC[C@H](COP(=O)(O)OC[C@H](N)C(=O)O)OC(=O)CCCC/C=C/CCCCCCCCCCC. The van der Waals surface area contributed by atoms with Crippen molar-refractivity contribution >= 4 is 25.7 Å². The van der Waals surface area contributed by atoms with Crippen LogP contribution in [0, 0.1) is 0 Å². The fourth-order valence-electron chi connectivity index (χ4n) is 5.76. The minimum Gasteiger partial charge on any atom is -0.480 e. The number of esters is 2. The summed E-state index contributed by atoms with van der Waals surface area (Å²) in [5.41, 5.74) is 5.33. The number of nitrogens with two attached hydrogens (primary N) is 1. The third-order valence-corrected chi connectivity index (χ3v) is 10.1. The predicted octanol–water partition coefficient (Wildman–Crippen LogP) is 11.1. The second-order valence-electron chi connectivity index (χ2n) is 14.5. The molecule has 11 nitrogen and oxygen atoms in total. The first-order valence-corrected chi connectivity index (χ1v) is 22.9. The minimum atomic E-state index is -4.72. The van der Waals surface area contributed by atoms with Crippen LogP contribution in [0.25, 0.3) is 0 Å². The molecule has 0 heterocycles. The van der Waals surface area contributed by atoms with E-state index in [1.54, 1.807) is 0 Å². The van der Waals surface area contributed by atoms with Crippen molar-refractivity contribution in [2.45, 2.75) is 206 Å². The van der Waals surface area contributed by atoms with E-state index >= 15 is 0 Å². The largest absolute Gasteiger partial charge is 0.480 e. The normalized spacial score (nSPS) is 14.0. The molecule has 0 bridgehead atoms. The summed E-state index contributed by atoms with van der Waals surface area (Å²) in [5.74, 6) is -2.41. The molecule has 0 rings (SSSR count). The van der Waals surface area contributed by atoms with Gasteiger partial charge in [-0.15, -0.1) is 0 Å². The van der Waals surface area contributed by atoms with Gasteiger partial charge in [0.05, 0.1) is 13.2 Å². The molecule has 1 unspecified atom stereocenters. The lowest BCUT2D eigenvalue weighted by molar-refractivity contribution is -0.161. The molecule has 0 aromatic carbocycles. The zero-order valence-corrected chi connectivity index (χ0v) is 35.0. The van der Waals surface area contributed by atoms with Crippen LogP contribution in [0.1, 0.15) is 194 Å². The van der Waals surface area contributed by atoms with Gasteiger partial charge in [-0.25, -0.2) is 4.57 Å². The number of carbonyl (C=O) groups is 3. The van der Waals surface area contributed by atoms with Crippen molar-refractivity contribution in [1.29, 1.82) is 0 Å². The molecule has 0 aliphatic rings. The van der Waals surface area contributed by atoms with Crippen LogP contribution in [0.2, 0.25) is 0 Å². The highest BCUT2D eigenvalue weighted by Gasteiger charge is 2.28. The molecule has 0 radical (unpaired) electrons. The van der Waals surface area contributed by atoms with Crippen LogP contribution in [-0.4, -0.2) is 59.9 Å². The van der Waals surface area contributed by atoms with E-state index in [1.165, 1.54) is 96.3 Å². The summed E-state index contributed by atoms with van der Waals surface area (Å²) in [6.45, 7) is 2.77. The molecule has 3 atom stereocenters. The second kappa shape index (κ2) is 37.9. The maximum Gasteiger partial charge on any atom is 0.472 e. The molecule has 0 aliphatic carbocycles. The second-order valence-corrected chi connectivity index (χ2v) is 15.9. The summed E-state index contributed by atoms with van der Waals surface area (Å²) in [6.07, 6.45) is 38.2. The quantitative estimate of drug-likeness (QED) is 0.0233. The number of rotatable bonds is 40. The summed E-state index contributed by atoms with van der Waals surface area (Å²) in [5, 5.41) is 8.88. The molecule has 54 heavy (non-hydrogen) atoms. The smallest absolute Gasteiger partial charge is 0.472 e. The van der Waals surface area contributed by atoms with Gasteiger partial charge in [0.15, 0.2) is 6.10 Å². The monoisotopic (exact) mass is 788 g/mol. The molecule has 0 amide bonds. The van der Waals surface area contributed by atoms with E-state index in [2.05, 4.69) is 42.7 Å². The number of ether oxygens (including phenoxy) is 2. The predicted molar refractivity (Wildman–Crippen MR) is 217 cm³/mol. The molecular formula is C42H78NO10P. The first kappa shape index (κ1) is 52.0. The van der Waals surface area contributed by atoms with Crippen molar-refractivity contribution in [3.05, 3.63) is 24.3 Å². The van der Waals surface area contributed by atoms with E-state index in [0.717, 1.165) is 57.8 Å². The number of carboxylic acids is 1. The van der Waals surface area contributed by atoms with Crippen molar-refractivity contribution in [3.8, 4) is 0 Å². The zero-order valence-electron chi connectivity index (χ0n) is 34.1. The van der Waals surface area contributed by atoms with Crippen LogP contribution in [0.3, 0.4) is 0 Å². The highest BCUT2D eigenvalue weighted by molar-refractivity contribution is 7.47. The number of aliphatic carboxylic acids is 1. The van der Waals surface area contributed by atoms with Gasteiger partial charge in [0.1, 0.15) is 12.6 Å². The van der Waals surface area contributed by atoms with Gasteiger partial charge in [-0.3, -0.25) is 23.4 Å². The first-order chi connectivity index (χ1) is 26.1. The molecule has 12 heteroatoms. The van der Waals surface area contributed by atoms with Gasteiger partial charge in [-0.05, 0) is 64.2 Å². The lowest BCUT2D eigenvalue weighted by Gasteiger charge is -2.20. The van der Waals surface area contributed by atoms with E-state index in [9.17, 15) is 23.8 Å². The van der Waals surface area contributed by atoms with Gasteiger partial charge < -0.3 is 25.2 Å². The summed E-state index contributed by atoms with van der Waals surface area (Å²) >= 11 is 0. The molecule has 316 valence electrons. The van der Waals surface area contributed by atoms with E-state index < -0.39 is 51.1 Å². The summed E-state index contributed by atoms with van der Waals surface area (Å²) in [4.78, 5) is 45.9. The Labute approximate surface area is 328 Å². The summed E-state index contributed by atoms with van der Waals surface area (Å²) < 4.78 is 32.6. The molecule has 0 spiro atoms. The maximum atomic E-state index is 12.6. The molecule has 0 saturated heterocycles. The maximum absolute atomic E-state index is 12.6. The van der Waals surface area contributed by atoms with Crippen LogP contribution >= 0.6 is 7.82 Å². The number of allylic oxidation sites excluding steroid dienone is 4. The molecule has 0 aromatic heterocycles. The highest BCUT2D eigenvalue weighted by atomic mass is 31.2. The van der Waals surface area contributed by atoms with E-state index in [0.29, 0.717) is 12.8 Å². The Hall–Kier alpha value is -2.04. The van der Waals surface area contributed by atoms with Gasteiger partial charge in [-0.2, -0.15) is 0 Å². The fourth-order valence-corrected chi connectivity index (χ4v) is 6.54. The Bertz CT molecular complexity index is 1020. The fraction of sp³-hybridized carbons (Fsp3) is 0.833. The van der Waals surface area contributed by atoms with Gasteiger partial charge >= 0.3 is 25.7 Å². The van der Waals surface area contributed by atoms with E-state index in [4.69, 9.17) is 24.8 Å². The van der Waals surface area contributed by atoms with Crippen LogP contribution < -0.4 is 5.73 Å². The Kier molecular flexibility index (Phi) is 36.4. The molecule has 0 aromatic rings. The van der Waals surface area contributed by atoms with Gasteiger partial charge in [0.2, 0.25) is 0 Å². The van der Waals surface area contributed by atoms with Crippen LogP contribution in [0.4, 0.5) is 0 Å². The number of hydrogen-bond donors (Lipinski definition) is 3. The average molecular weight is 788 g/mol. The topological polar surface area (TPSA) is 172 Å². The average Bonchev–Trinajstić information content (AvgIpc) is 3.14. The number of phosphoric ester groups is 1. The number of hydrogen-bond acceptors (Lipinski definition) is 9. The lowest BCUT2D eigenvalue weighted by atomic mass is 10.1. The van der Waals surface area contributed by atoms with Gasteiger partial charge in [0, 0.05) is 12.8 Å². The van der Waals surface area contributed by atoms with E-state index in [-0.39, 0.29) is 19.4 Å². The Morgan fingerprint density at radius 1 is 0.556 bits per heavy atom. The van der Waals surface area contributed by atoms with Gasteiger partial charge in [-0.1, -0.05) is 141 Å². The third kappa shape index (κ3) is 36.9. The Balaban J connectivity index is 4.41. The number of carboxylic acid groups (broad SMARTS) is 1. The van der Waals surface area contributed by atoms with E-state index in [1.807, 2.05) is 0 Å². The summed E-state index contributed by atoms with van der Waals surface area (Å²) in [6, 6.07) is -1.52. The number of phosphoric acid groups is 1. The molecule has 0 aliphatic heterocycles. The molecule has 0 saturated carbocycles. The first-order valence-electron chi connectivity index (χ1n) is 21.4.